The Morgan fingerprint density at radius 1 is 0.833 bits per heavy atom. The highest BCUT2D eigenvalue weighted by atomic mass is 35.5. The average molecular weight is 444 g/mol. The molecule has 0 heterocycles. The minimum atomic E-state index is 0. The fraction of sp³-hybridized carbons (Fsp3) is 0.385. The summed E-state index contributed by atoms with van der Waals surface area (Å²) < 4.78 is 6.27. The fourth-order valence-electron chi connectivity index (χ4n) is 4.28. The zero-order valence-electron chi connectivity index (χ0n) is 17.4. The van der Waals surface area contributed by atoms with Gasteiger partial charge in [0.05, 0.1) is 0 Å². The van der Waals surface area contributed by atoms with Crippen LogP contribution in [0.1, 0.15) is 56.1 Å². The zero-order chi connectivity index (χ0) is 19.9. The molecule has 4 rings (SSSR count). The highest BCUT2D eigenvalue weighted by molar-refractivity contribution is 6.30. The zero-order valence-corrected chi connectivity index (χ0v) is 19.0. The van der Waals surface area contributed by atoms with Crippen molar-refractivity contribution in [1.29, 1.82) is 0 Å². The first-order chi connectivity index (χ1) is 14.3. The summed E-state index contributed by atoms with van der Waals surface area (Å²) in [5.41, 5.74) is 2.39. The van der Waals surface area contributed by atoms with Gasteiger partial charge >= 0.3 is 0 Å². The van der Waals surface area contributed by atoms with Gasteiger partial charge in [0, 0.05) is 23.2 Å². The van der Waals surface area contributed by atoms with E-state index in [1.807, 2.05) is 24.3 Å². The summed E-state index contributed by atoms with van der Waals surface area (Å²) in [6.45, 7) is 1.40. The summed E-state index contributed by atoms with van der Waals surface area (Å²) in [5.74, 6) is 0.969. The molecule has 3 aromatic carbocycles. The van der Waals surface area contributed by atoms with Gasteiger partial charge in [0.1, 0.15) is 12.4 Å². The summed E-state index contributed by atoms with van der Waals surface area (Å²) >= 11 is 6.01. The van der Waals surface area contributed by atoms with Crippen molar-refractivity contribution in [2.45, 2.75) is 64.1 Å². The number of hydrogen-bond acceptors (Lipinski definition) is 2. The molecule has 0 radical (unpaired) electrons. The van der Waals surface area contributed by atoms with E-state index in [9.17, 15) is 0 Å². The van der Waals surface area contributed by atoms with Crippen LogP contribution in [0.25, 0.3) is 10.8 Å². The number of hydrogen-bond donors (Lipinski definition) is 1. The van der Waals surface area contributed by atoms with Gasteiger partial charge in [-0.1, -0.05) is 86.2 Å². The molecule has 0 amide bonds. The SMILES string of the molecule is Cl.Clc1ccc(COc2ccc3ccccc3c2CNC2CCCCCCC2)cc1. The molecule has 0 saturated heterocycles. The van der Waals surface area contributed by atoms with Crippen molar-refractivity contribution in [2.24, 2.45) is 0 Å². The van der Waals surface area contributed by atoms with Crippen LogP contribution in [0.2, 0.25) is 5.02 Å². The predicted molar refractivity (Wildman–Crippen MR) is 130 cm³/mol. The van der Waals surface area contributed by atoms with Crippen molar-refractivity contribution < 1.29 is 4.74 Å². The smallest absolute Gasteiger partial charge is 0.124 e. The van der Waals surface area contributed by atoms with Crippen LogP contribution in [0.4, 0.5) is 0 Å². The molecule has 0 atom stereocenters. The van der Waals surface area contributed by atoms with E-state index < -0.39 is 0 Å². The number of nitrogens with one attached hydrogen (secondary N) is 1. The molecular weight excluding hydrogens is 413 g/mol. The Kier molecular flexibility index (Phi) is 8.87. The second kappa shape index (κ2) is 11.6. The van der Waals surface area contributed by atoms with Gasteiger partial charge in [-0.3, -0.25) is 0 Å². The molecule has 0 aliphatic heterocycles. The number of rotatable bonds is 6. The van der Waals surface area contributed by atoms with Crippen LogP contribution in [0.15, 0.2) is 60.7 Å². The van der Waals surface area contributed by atoms with Gasteiger partial charge in [0.2, 0.25) is 0 Å². The maximum atomic E-state index is 6.27. The summed E-state index contributed by atoms with van der Waals surface area (Å²) in [5, 5.41) is 7.14. The lowest BCUT2D eigenvalue weighted by atomic mass is 9.96. The molecule has 0 aromatic heterocycles. The number of ether oxygens (including phenoxy) is 1. The first kappa shape index (κ1) is 22.9. The van der Waals surface area contributed by atoms with Crippen LogP contribution in [-0.2, 0) is 13.2 Å². The second-order valence-electron chi connectivity index (χ2n) is 8.10. The van der Waals surface area contributed by atoms with Gasteiger partial charge < -0.3 is 10.1 Å². The van der Waals surface area contributed by atoms with Gasteiger partial charge in [-0.25, -0.2) is 0 Å². The lowest BCUT2D eigenvalue weighted by Crippen LogP contribution is -2.29. The Morgan fingerprint density at radius 2 is 1.53 bits per heavy atom. The maximum Gasteiger partial charge on any atom is 0.124 e. The Labute approximate surface area is 191 Å². The fourth-order valence-corrected chi connectivity index (χ4v) is 4.41. The van der Waals surface area contributed by atoms with E-state index in [-0.39, 0.29) is 12.4 Å². The molecule has 3 aromatic rings. The van der Waals surface area contributed by atoms with Crippen LogP contribution in [-0.4, -0.2) is 6.04 Å². The molecule has 1 N–H and O–H groups in total. The quantitative estimate of drug-likeness (QED) is 0.421. The van der Waals surface area contributed by atoms with E-state index in [1.165, 1.54) is 61.3 Å². The molecule has 1 aliphatic carbocycles. The molecule has 2 nitrogen and oxygen atoms in total. The molecule has 0 unspecified atom stereocenters. The maximum absolute atomic E-state index is 6.27. The van der Waals surface area contributed by atoms with E-state index >= 15 is 0 Å². The van der Waals surface area contributed by atoms with Crippen molar-refractivity contribution in [3.8, 4) is 5.75 Å². The van der Waals surface area contributed by atoms with E-state index in [0.29, 0.717) is 12.6 Å². The van der Waals surface area contributed by atoms with E-state index in [0.717, 1.165) is 22.9 Å². The topological polar surface area (TPSA) is 21.3 Å². The molecule has 1 aliphatic rings. The van der Waals surface area contributed by atoms with E-state index in [4.69, 9.17) is 16.3 Å². The first-order valence-corrected chi connectivity index (χ1v) is 11.3. The molecule has 0 bridgehead atoms. The lowest BCUT2D eigenvalue weighted by Gasteiger charge is -2.22. The first-order valence-electron chi connectivity index (χ1n) is 10.9. The summed E-state index contributed by atoms with van der Waals surface area (Å²) in [6, 6.07) is 21.4. The Hall–Kier alpha value is -1.74. The van der Waals surface area contributed by atoms with Crippen molar-refractivity contribution in [3.63, 3.8) is 0 Å². The van der Waals surface area contributed by atoms with Crippen molar-refractivity contribution >= 4 is 34.8 Å². The highest BCUT2D eigenvalue weighted by Gasteiger charge is 2.14. The third kappa shape index (κ3) is 6.14. The van der Waals surface area contributed by atoms with Crippen molar-refractivity contribution in [3.05, 3.63) is 76.8 Å². The second-order valence-corrected chi connectivity index (χ2v) is 8.54. The Bertz CT molecular complexity index is 918. The normalized spacial score (nSPS) is 15.2. The number of halogens is 2. The van der Waals surface area contributed by atoms with Gasteiger partial charge in [0.15, 0.2) is 0 Å². The van der Waals surface area contributed by atoms with E-state index in [1.54, 1.807) is 0 Å². The van der Waals surface area contributed by atoms with Gasteiger partial charge in [0.25, 0.3) is 0 Å². The van der Waals surface area contributed by atoms with Crippen LogP contribution in [0, 0.1) is 0 Å². The largest absolute Gasteiger partial charge is 0.489 e. The summed E-state index contributed by atoms with van der Waals surface area (Å²) in [6.07, 6.45) is 9.40. The average Bonchev–Trinajstić information content (AvgIpc) is 2.73. The Balaban J connectivity index is 0.00000256. The third-order valence-corrected chi connectivity index (χ3v) is 6.23. The van der Waals surface area contributed by atoms with Crippen molar-refractivity contribution in [2.75, 3.05) is 0 Å². The standard InChI is InChI=1S/C26H30ClNO.ClH/c27-22-15-12-20(13-16-22)19-29-26-17-14-21-8-6-7-11-24(21)25(26)18-28-23-9-4-2-1-3-5-10-23;/h6-8,11-17,23,28H,1-5,9-10,18-19H2;1H. The van der Waals surface area contributed by atoms with E-state index in [2.05, 4.69) is 41.7 Å². The number of benzene rings is 3. The Morgan fingerprint density at radius 3 is 2.30 bits per heavy atom. The monoisotopic (exact) mass is 443 g/mol. The number of fused-ring (bicyclic) bond motifs is 1. The van der Waals surface area contributed by atoms with Gasteiger partial charge in [-0.15, -0.1) is 12.4 Å². The van der Waals surface area contributed by atoms with Crippen molar-refractivity contribution in [1.82, 2.24) is 5.32 Å². The summed E-state index contributed by atoms with van der Waals surface area (Å²) in [7, 11) is 0. The molecule has 30 heavy (non-hydrogen) atoms. The van der Waals surface area contributed by atoms with Gasteiger partial charge in [-0.05, 0) is 47.4 Å². The molecule has 0 spiro atoms. The minimum absolute atomic E-state index is 0. The van der Waals surface area contributed by atoms with Crippen LogP contribution in [0.5, 0.6) is 5.75 Å². The molecule has 1 fully saturated rings. The van der Waals surface area contributed by atoms with Crippen LogP contribution < -0.4 is 10.1 Å². The van der Waals surface area contributed by atoms with Crippen LogP contribution in [0.3, 0.4) is 0 Å². The third-order valence-electron chi connectivity index (χ3n) is 5.98. The highest BCUT2D eigenvalue weighted by Crippen LogP contribution is 2.29. The molecule has 1 saturated carbocycles. The van der Waals surface area contributed by atoms with Crippen LogP contribution >= 0.6 is 24.0 Å². The predicted octanol–water partition coefficient (Wildman–Crippen LogP) is 7.70. The summed E-state index contributed by atoms with van der Waals surface area (Å²) in [4.78, 5) is 0. The lowest BCUT2D eigenvalue weighted by molar-refractivity contribution is 0.301. The molecule has 160 valence electrons. The molecular formula is C26H31Cl2NO. The molecule has 4 heteroatoms. The van der Waals surface area contributed by atoms with Gasteiger partial charge in [-0.2, -0.15) is 0 Å². The minimum Gasteiger partial charge on any atom is -0.489 e.